The normalized spacial score (nSPS) is 24.2. The van der Waals surface area contributed by atoms with Crippen molar-refractivity contribution in [1.82, 2.24) is 19.8 Å². The molecule has 3 aromatic rings. The van der Waals surface area contributed by atoms with Crippen molar-refractivity contribution in [3.05, 3.63) is 68.7 Å². The van der Waals surface area contributed by atoms with Gasteiger partial charge in [-0.25, -0.2) is 9.98 Å². The molecule has 1 aliphatic carbocycles. The first-order valence-corrected chi connectivity index (χ1v) is 14.8. The molecule has 0 spiro atoms. The highest BCUT2D eigenvalue weighted by molar-refractivity contribution is 6.35. The van der Waals surface area contributed by atoms with Crippen molar-refractivity contribution < 1.29 is 0 Å². The fourth-order valence-electron chi connectivity index (χ4n) is 5.73. The first-order valence-electron chi connectivity index (χ1n) is 14.0. The first-order chi connectivity index (χ1) is 18.7. The SMILES string of the molecule is CC1CCC(N=C(Nc2ccc3c(=O)n(CCc4ccc(Cl)cc4Cl)cnc3c2)N2C[C@@H](C)N[C@@H](C)C2)CC1. The molecule has 2 aromatic carbocycles. The Kier molecular flexibility index (Phi) is 8.79. The van der Waals surface area contributed by atoms with Gasteiger partial charge in [0.2, 0.25) is 0 Å². The summed E-state index contributed by atoms with van der Waals surface area (Å²) in [6, 6.07) is 12.3. The third kappa shape index (κ3) is 6.94. The summed E-state index contributed by atoms with van der Waals surface area (Å²) in [7, 11) is 0. The van der Waals surface area contributed by atoms with Crippen LogP contribution in [0.2, 0.25) is 10.0 Å². The first kappa shape index (κ1) is 27.9. The van der Waals surface area contributed by atoms with Crippen LogP contribution in [0.1, 0.15) is 52.0 Å². The van der Waals surface area contributed by atoms with Gasteiger partial charge in [0, 0.05) is 47.5 Å². The van der Waals surface area contributed by atoms with Crippen LogP contribution in [0, 0.1) is 5.92 Å². The van der Waals surface area contributed by atoms with Crippen LogP contribution in [0.15, 0.2) is 52.5 Å². The lowest BCUT2D eigenvalue weighted by atomic mass is 9.88. The van der Waals surface area contributed by atoms with Crippen LogP contribution in [0.3, 0.4) is 0 Å². The van der Waals surface area contributed by atoms with E-state index in [1.165, 1.54) is 12.8 Å². The van der Waals surface area contributed by atoms with Gasteiger partial charge in [-0.05, 0) is 87.8 Å². The molecule has 5 rings (SSSR count). The number of hydrogen-bond donors (Lipinski definition) is 2. The Labute approximate surface area is 240 Å². The van der Waals surface area contributed by atoms with E-state index in [1.807, 2.05) is 30.3 Å². The molecule has 2 aliphatic rings. The molecule has 2 N–H and O–H groups in total. The van der Waals surface area contributed by atoms with E-state index in [9.17, 15) is 4.79 Å². The van der Waals surface area contributed by atoms with Crippen LogP contribution in [0.4, 0.5) is 5.69 Å². The van der Waals surface area contributed by atoms with E-state index in [-0.39, 0.29) is 5.56 Å². The van der Waals surface area contributed by atoms with Gasteiger partial charge in [-0.2, -0.15) is 0 Å². The minimum absolute atomic E-state index is 0.0633. The molecular weight excluding hydrogens is 531 g/mol. The second-order valence-corrected chi connectivity index (χ2v) is 12.2. The van der Waals surface area contributed by atoms with Gasteiger partial charge in [0.25, 0.3) is 5.56 Å². The molecule has 0 radical (unpaired) electrons. The maximum atomic E-state index is 13.2. The zero-order valence-corrected chi connectivity index (χ0v) is 24.5. The Morgan fingerprint density at radius 3 is 2.51 bits per heavy atom. The number of piperazine rings is 1. The van der Waals surface area contributed by atoms with Crippen LogP contribution in [-0.4, -0.2) is 51.6 Å². The van der Waals surface area contributed by atoms with Gasteiger partial charge in [-0.15, -0.1) is 0 Å². The second-order valence-electron chi connectivity index (χ2n) is 11.3. The number of fused-ring (bicyclic) bond motifs is 1. The molecule has 0 amide bonds. The lowest BCUT2D eigenvalue weighted by Gasteiger charge is -2.38. The Bertz CT molecular complexity index is 1390. The highest BCUT2D eigenvalue weighted by Gasteiger charge is 2.26. The fraction of sp³-hybridized carbons (Fsp3) is 0.500. The molecule has 1 aromatic heterocycles. The Morgan fingerprint density at radius 2 is 1.79 bits per heavy atom. The average Bonchev–Trinajstić information content (AvgIpc) is 2.89. The van der Waals surface area contributed by atoms with Gasteiger partial charge in [0.1, 0.15) is 0 Å². The lowest BCUT2D eigenvalue weighted by Crippen LogP contribution is -2.57. The molecule has 1 saturated heterocycles. The van der Waals surface area contributed by atoms with Gasteiger partial charge >= 0.3 is 0 Å². The van der Waals surface area contributed by atoms with Crippen molar-refractivity contribution in [3.63, 3.8) is 0 Å². The zero-order valence-electron chi connectivity index (χ0n) is 23.0. The summed E-state index contributed by atoms with van der Waals surface area (Å²) >= 11 is 12.3. The third-order valence-corrected chi connectivity index (χ3v) is 8.45. The van der Waals surface area contributed by atoms with Gasteiger partial charge < -0.3 is 15.5 Å². The molecule has 0 unspecified atom stereocenters. The molecular formula is C30H38Cl2N6O. The summed E-state index contributed by atoms with van der Waals surface area (Å²) in [5.41, 5.74) is 2.44. The number of benzene rings is 2. The fourth-order valence-corrected chi connectivity index (χ4v) is 6.23. The van der Waals surface area contributed by atoms with Crippen LogP contribution < -0.4 is 16.2 Å². The number of hydrogen-bond acceptors (Lipinski definition) is 4. The smallest absolute Gasteiger partial charge is 0.261 e. The number of aryl methyl sites for hydroxylation is 2. The molecule has 1 saturated carbocycles. The third-order valence-electron chi connectivity index (χ3n) is 7.87. The predicted molar refractivity (Wildman–Crippen MR) is 162 cm³/mol. The van der Waals surface area contributed by atoms with Crippen LogP contribution >= 0.6 is 23.2 Å². The monoisotopic (exact) mass is 568 g/mol. The number of aromatic nitrogens is 2. The van der Waals surface area contributed by atoms with Crippen molar-refractivity contribution in [3.8, 4) is 0 Å². The van der Waals surface area contributed by atoms with E-state index in [0.717, 1.165) is 49.1 Å². The lowest BCUT2D eigenvalue weighted by molar-refractivity contribution is 0.251. The minimum Gasteiger partial charge on any atom is -0.340 e. The summed E-state index contributed by atoms with van der Waals surface area (Å²) in [5, 5.41) is 9.01. The predicted octanol–water partition coefficient (Wildman–Crippen LogP) is 5.97. The maximum Gasteiger partial charge on any atom is 0.261 e. The Hall–Kier alpha value is -2.61. The molecule has 2 fully saturated rings. The number of rotatable bonds is 5. The molecule has 0 bridgehead atoms. The van der Waals surface area contributed by atoms with Gasteiger partial charge in [0.15, 0.2) is 5.96 Å². The van der Waals surface area contributed by atoms with E-state index in [0.29, 0.717) is 52.0 Å². The van der Waals surface area contributed by atoms with Crippen LogP contribution in [-0.2, 0) is 13.0 Å². The van der Waals surface area contributed by atoms with Crippen molar-refractivity contribution in [2.24, 2.45) is 10.9 Å². The molecule has 1 aliphatic heterocycles. The highest BCUT2D eigenvalue weighted by atomic mass is 35.5. The molecule has 9 heteroatoms. The van der Waals surface area contributed by atoms with E-state index in [4.69, 9.17) is 28.2 Å². The summed E-state index contributed by atoms with van der Waals surface area (Å²) in [6.45, 7) is 9.05. The molecule has 208 valence electrons. The number of guanidine groups is 1. The van der Waals surface area contributed by atoms with Gasteiger partial charge in [0.05, 0.1) is 23.3 Å². The number of halogens is 2. The number of anilines is 1. The van der Waals surface area contributed by atoms with Crippen LogP contribution in [0.25, 0.3) is 10.9 Å². The Balaban J connectivity index is 1.36. The van der Waals surface area contributed by atoms with Crippen molar-refractivity contribution in [2.45, 2.75) is 77.5 Å². The zero-order chi connectivity index (χ0) is 27.5. The maximum absolute atomic E-state index is 13.2. The van der Waals surface area contributed by atoms with Gasteiger partial charge in [-0.3, -0.25) is 9.36 Å². The van der Waals surface area contributed by atoms with E-state index in [2.05, 4.69) is 41.3 Å². The van der Waals surface area contributed by atoms with Crippen molar-refractivity contribution in [2.75, 3.05) is 18.4 Å². The van der Waals surface area contributed by atoms with Crippen molar-refractivity contribution >= 4 is 45.8 Å². The summed E-state index contributed by atoms with van der Waals surface area (Å²) in [5.74, 6) is 1.70. The topological polar surface area (TPSA) is 74.5 Å². The second kappa shape index (κ2) is 12.3. The highest BCUT2D eigenvalue weighted by Crippen LogP contribution is 2.27. The molecule has 2 heterocycles. The molecule has 2 atom stereocenters. The summed E-state index contributed by atoms with van der Waals surface area (Å²) in [6.07, 6.45) is 6.95. The molecule has 7 nitrogen and oxygen atoms in total. The number of nitrogens with zero attached hydrogens (tertiary/aromatic N) is 4. The van der Waals surface area contributed by atoms with Gasteiger partial charge in [-0.1, -0.05) is 36.2 Å². The van der Waals surface area contributed by atoms with E-state index >= 15 is 0 Å². The molecule has 39 heavy (non-hydrogen) atoms. The number of aliphatic imine (C=N–C) groups is 1. The van der Waals surface area contributed by atoms with E-state index < -0.39 is 0 Å². The van der Waals surface area contributed by atoms with E-state index in [1.54, 1.807) is 17.0 Å². The average molecular weight is 570 g/mol. The largest absolute Gasteiger partial charge is 0.340 e. The quantitative estimate of drug-likeness (QED) is 0.292. The Morgan fingerprint density at radius 1 is 1.05 bits per heavy atom. The standard InChI is InChI=1S/C30H38Cl2N6O/c1-19-4-8-24(9-5-19)35-30(38-16-20(2)34-21(3)17-38)36-25-10-11-26-28(15-25)33-18-37(29(26)39)13-12-22-6-7-23(31)14-27(22)32/h6-7,10-11,14-15,18-21,24,34H,4-5,8-9,12-13,16-17H2,1-3H3,(H,35,36)/t19?,20-,21+,24?. The summed E-state index contributed by atoms with van der Waals surface area (Å²) in [4.78, 5) is 25.5. The van der Waals surface area contributed by atoms with Crippen LogP contribution in [0.5, 0.6) is 0 Å². The minimum atomic E-state index is -0.0633. The van der Waals surface area contributed by atoms with Crippen molar-refractivity contribution in [1.29, 1.82) is 0 Å². The number of nitrogens with one attached hydrogen (secondary N) is 2. The summed E-state index contributed by atoms with van der Waals surface area (Å²) < 4.78 is 1.64.